The van der Waals surface area contributed by atoms with Gasteiger partial charge in [-0.05, 0) is 70.0 Å². The number of hydrogen-bond donors (Lipinski definition) is 4. The lowest BCUT2D eigenvalue weighted by Crippen LogP contribution is -2.37. The van der Waals surface area contributed by atoms with Crippen molar-refractivity contribution in [2.45, 2.75) is 66.2 Å². The number of amides is 4. The number of aromatic nitrogens is 6. The van der Waals surface area contributed by atoms with Crippen LogP contribution < -0.4 is 31.6 Å². The van der Waals surface area contributed by atoms with E-state index in [4.69, 9.17) is 35.6 Å². The van der Waals surface area contributed by atoms with Gasteiger partial charge in [-0.25, -0.2) is 9.97 Å². The molecule has 2 aromatic carbocycles. The van der Waals surface area contributed by atoms with Crippen LogP contribution in [-0.2, 0) is 29.2 Å². The van der Waals surface area contributed by atoms with E-state index in [9.17, 15) is 19.2 Å². The van der Waals surface area contributed by atoms with E-state index in [2.05, 4.69) is 25.6 Å². The Morgan fingerprint density at radius 3 is 2.03 bits per heavy atom. The Bertz CT molecular complexity index is 2630. The van der Waals surface area contributed by atoms with Gasteiger partial charge in [-0.3, -0.25) is 44.4 Å². The summed E-state index contributed by atoms with van der Waals surface area (Å²) in [4.78, 5) is 68.7. The average Bonchev–Trinajstić information content (AvgIpc) is 4.03. The first-order chi connectivity index (χ1) is 29.9. The first kappa shape index (κ1) is 43.2. The van der Waals surface area contributed by atoms with E-state index in [-0.39, 0.29) is 48.1 Å². The molecule has 0 aliphatic carbocycles. The largest absolute Gasteiger partial charge is 0.494 e. The first-order valence-corrected chi connectivity index (χ1v) is 20.6. The predicted molar refractivity (Wildman–Crippen MR) is 234 cm³/mol. The van der Waals surface area contributed by atoms with Crippen LogP contribution in [0.1, 0.15) is 70.5 Å². The van der Waals surface area contributed by atoms with Gasteiger partial charge in [0, 0.05) is 61.7 Å². The molecule has 5 aromatic rings. The summed E-state index contributed by atoms with van der Waals surface area (Å²) in [7, 11) is 1.47. The molecular formula is C43H52N12O7. The molecule has 62 heavy (non-hydrogen) atoms. The summed E-state index contributed by atoms with van der Waals surface area (Å²) >= 11 is 0. The Morgan fingerprint density at radius 1 is 0.855 bits per heavy atom. The SMILES string of the molecule is CCC1N=C(C)C=C1C(=O)Nc1nc2cc(C(N)=O)cc(OC)c2n1C/C=C/Cn1c(NC(=O)c2cc(C)nn2CC)nc2cc(C(N)=O)cc(OCCCN3CCOCC3)c21. The van der Waals surface area contributed by atoms with Gasteiger partial charge in [-0.15, -0.1) is 0 Å². The number of aliphatic imine (C=N–C) groups is 1. The lowest BCUT2D eigenvalue weighted by Gasteiger charge is -2.26. The summed E-state index contributed by atoms with van der Waals surface area (Å²) in [6, 6.07) is 7.66. The number of nitrogens with one attached hydrogen (secondary N) is 2. The monoisotopic (exact) mass is 848 g/mol. The molecule has 19 heteroatoms. The average molecular weight is 849 g/mol. The molecule has 4 amide bonds. The third-order valence-corrected chi connectivity index (χ3v) is 10.7. The van der Waals surface area contributed by atoms with E-state index in [0.717, 1.165) is 25.3 Å². The molecule has 2 aliphatic heterocycles. The summed E-state index contributed by atoms with van der Waals surface area (Å²) in [6.07, 6.45) is 6.85. The highest BCUT2D eigenvalue weighted by molar-refractivity contribution is 6.12. The summed E-state index contributed by atoms with van der Waals surface area (Å²) in [6.45, 7) is 12.6. The maximum absolute atomic E-state index is 13.8. The van der Waals surface area contributed by atoms with E-state index in [1.54, 1.807) is 44.2 Å². The number of benzene rings is 2. The highest BCUT2D eigenvalue weighted by atomic mass is 16.5. The zero-order valence-electron chi connectivity index (χ0n) is 35.6. The predicted octanol–water partition coefficient (Wildman–Crippen LogP) is 3.85. The van der Waals surface area contributed by atoms with Crippen molar-refractivity contribution in [2.75, 3.05) is 57.2 Å². The second-order valence-electron chi connectivity index (χ2n) is 15.0. The maximum atomic E-state index is 13.8. The van der Waals surface area contributed by atoms with E-state index in [1.165, 1.54) is 13.2 Å². The number of nitrogens with zero attached hydrogens (tertiary/aromatic N) is 8. The molecule has 7 rings (SSSR count). The summed E-state index contributed by atoms with van der Waals surface area (Å²) in [5.41, 5.74) is 16.0. The number of anilines is 2. The zero-order valence-corrected chi connectivity index (χ0v) is 35.6. The van der Waals surface area contributed by atoms with Crippen LogP contribution in [0.25, 0.3) is 22.1 Å². The normalized spacial score (nSPS) is 15.6. The third-order valence-electron chi connectivity index (χ3n) is 10.7. The lowest BCUT2D eigenvalue weighted by molar-refractivity contribution is -0.113. The molecule has 6 N–H and O–H groups in total. The second kappa shape index (κ2) is 18.8. The number of primary amides is 2. The number of aryl methyl sites for hydroxylation is 2. The smallest absolute Gasteiger partial charge is 0.276 e. The number of fused-ring (bicyclic) bond motifs is 2. The molecule has 0 radical (unpaired) electrons. The Morgan fingerprint density at radius 2 is 1.45 bits per heavy atom. The number of nitrogens with two attached hydrogens (primary N) is 2. The molecular weight excluding hydrogens is 797 g/mol. The van der Waals surface area contributed by atoms with Crippen LogP contribution in [0.15, 0.2) is 59.1 Å². The fourth-order valence-corrected chi connectivity index (χ4v) is 7.72. The Balaban J connectivity index is 1.24. The van der Waals surface area contributed by atoms with Gasteiger partial charge in [0.2, 0.25) is 23.7 Å². The molecule has 1 atom stereocenters. The molecule has 0 saturated carbocycles. The van der Waals surface area contributed by atoms with Crippen LogP contribution in [0, 0.1) is 6.92 Å². The topological polar surface area (TPSA) is 241 Å². The molecule has 1 unspecified atom stereocenters. The number of carbonyl (C=O) groups is 4. The Labute approximate surface area is 357 Å². The van der Waals surface area contributed by atoms with Crippen LogP contribution in [0.5, 0.6) is 11.5 Å². The molecule has 326 valence electrons. The number of rotatable bonds is 18. The van der Waals surface area contributed by atoms with Gasteiger partial charge in [0.1, 0.15) is 28.2 Å². The molecule has 5 heterocycles. The fourth-order valence-electron chi connectivity index (χ4n) is 7.72. The number of morpholine rings is 1. The molecule has 1 saturated heterocycles. The van der Waals surface area contributed by atoms with Crippen LogP contribution in [0.2, 0.25) is 0 Å². The van der Waals surface area contributed by atoms with E-state index >= 15 is 0 Å². The van der Waals surface area contributed by atoms with E-state index in [0.29, 0.717) is 89.7 Å². The number of allylic oxidation sites excluding steroid dienone is 3. The number of ether oxygens (including phenoxy) is 3. The molecule has 1 fully saturated rings. The number of hydrogen-bond acceptors (Lipinski definition) is 12. The van der Waals surface area contributed by atoms with Gasteiger partial charge in [0.15, 0.2) is 0 Å². The van der Waals surface area contributed by atoms with Gasteiger partial charge < -0.3 is 34.8 Å². The van der Waals surface area contributed by atoms with Crippen LogP contribution in [-0.4, -0.2) is 116 Å². The maximum Gasteiger partial charge on any atom is 0.276 e. The summed E-state index contributed by atoms with van der Waals surface area (Å²) < 4.78 is 22.7. The van der Waals surface area contributed by atoms with Crippen molar-refractivity contribution in [1.29, 1.82) is 0 Å². The number of carbonyl (C=O) groups excluding carboxylic acids is 4. The van der Waals surface area contributed by atoms with Crippen LogP contribution in [0.3, 0.4) is 0 Å². The molecule has 2 aliphatic rings. The van der Waals surface area contributed by atoms with E-state index < -0.39 is 17.7 Å². The van der Waals surface area contributed by atoms with Crippen molar-refractivity contribution in [1.82, 2.24) is 33.8 Å². The van der Waals surface area contributed by atoms with Crippen molar-refractivity contribution in [2.24, 2.45) is 16.5 Å². The minimum Gasteiger partial charge on any atom is -0.494 e. The van der Waals surface area contributed by atoms with Gasteiger partial charge in [0.05, 0.1) is 49.7 Å². The Hall–Kier alpha value is -6.86. The van der Waals surface area contributed by atoms with Crippen molar-refractivity contribution in [3.63, 3.8) is 0 Å². The van der Waals surface area contributed by atoms with Crippen LogP contribution >= 0.6 is 0 Å². The number of imidazole rings is 2. The molecule has 0 bridgehead atoms. The number of methoxy groups -OCH3 is 1. The van der Waals surface area contributed by atoms with Crippen molar-refractivity contribution in [3.05, 3.63) is 76.6 Å². The highest BCUT2D eigenvalue weighted by Gasteiger charge is 2.27. The van der Waals surface area contributed by atoms with Crippen molar-refractivity contribution in [3.8, 4) is 11.5 Å². The van der Waals surface area contributed by atoms with Gasteiger partial charge in [0.25, 0.3) is 11.8 Å². The van der Waals surface area contributed by atoms with Gasteiger partial charge in [-0.2, -0.15) is 5.10 Å². The first-order valence-electron chi connectivity index (χ1n) is 20.6. The zero-order chi connectivity index (χ0) is 44.1. The van der Waals surface area contributed by atoms with Crippen molar-refractivity contribution >= 4 is 63.3 Å². The van der Waals surface area contributed by atoms with Crippen LogP contribution in [0.4, 0.5) is 11.9 Å². The minimum atomic E-state index is -0.659. The summed E-state index contributed by atoms with van der Waals surface area (Å²) in [5.74, 6) is -0.976. The molecule has 19 nitrogen and oxygen atoms in total. The standard InChI is InChI=1S/C43H52N12O7/c1-6-30-29(19-25(3)46-30)40(58)49-42-47-31-21-27(38(44)56)23-34(60-5)36(31)53(42)12-8-9-13-54-37-32(48-43(54)50-41(59)33-20-26(4)51-55(33)7-2)22-28(39(45)57)24-35(37)62-16-10-11-52-14-17-61-18-15-52/h8-9,19-24,30H,6-7,10-18H2,1-5H3,(H2,44,56)(H2,45,57)(H,47,49,58)(H,48,50,59)/b9-8+. The third kappa shape index (κ3) is 9.23. The van der Waals surface area contributed by atoms with Crippen molar-refractivity contribution < 1.29 is 33.4 Å². The molecule has 3 aromatic heterocycles. The van der Waals surface area contributed by atoms with E-state index in [1.807, 2.05) is 39.8 Å². The summed E-state index contributed by atoms with van der Waals surface area (Å²) in [5, 5.41) is 10.4. The van der Waals surface area contributed by atoms with Gasteiger partial charge in [-0.1, -0.05) is 19.1 Å². The highest BCUT2D eigenvalue weighted by Crippen LogP contribution is 2.33. The lowest BCUT2D eigenvalue weighted by atomic mass is 10.1. The molecule has 0 spiro atoms. The fraction of sp³-hybridized carbons (Fsp3) is 0.395. The second-order valence-corrected chi connectivity index (χ2v) is 15.0. The Kier molecular flexibility index (Phi) is 13.1. The minimum absolute atomic E-state index is 0.178. The van der Waals surface area contributed by atoms with Gasteiger partial charge >= 0.3 is 0 Å². The quantitative estimate of drug-likeness (QED) is 0.0730.